The molecule has 8 nitrogen and oxygen atoms in total. The molecular formula is C10H17N3O5. The molecule has 0 aliphatic rings. The Morgan fingerprint density at radius 2 is 1.72 bits per heavy atom. The van der Waals surface area contributed by atoms with Crippen LogP contribution in [0.25, 0.3) is 0 Å². The maximum absolute atomic E-state index is 11.4. The van der Waals surface area contributed by atoms with E-state index in [0.29, 0.717) is 0 Å². The van der Waals surface area contributed by atoms with Gasteiger partial charge in [0.05, 0.1) is 6.42 Å². The average molecular weight is 259 g/mol. The summed E-state index contributed by atoms with van der Waals surface area (Å²) in [4.78, 5) is 45.3. The van der Waals surface area contributed by atoms with Crippen LogP contribution in [-0.2, 0) is 14.4 Å². The Morgan fingerprint density at radius 1 is 1.17 bits per heavy atom. The summed E-state index contributed by atoms with van der Waals surface area (Å²) in [5.74, 6) is -2.15. The first kappa shape index (κ1) is 15.9. The highest BCUT2D eigenvalue weighted by Gasteiger charge is 2.18. The Balaban J connectivity index is 4.07. The summed E-state index contributed by atoms with van der Waals surface area (Å²) in [7, 11) is 3.08. The lowest BCUT2D eigenvalue weighted by Gasteiger charge is -2.17. The van der Waals surface area contributed by atoms with Gasteiger partial charge in [-0.2, -0.15) is 0 Å². The molecule has 8 heteroatoms. The molecule has 0 aromatic heterocycles. The highest BCUT2D eigenvalue weighted by molar-refractivity contribution is 5.97. The SMILES string of the molecule is CC(NC(=O)NC(=O)CCC(=O)O)C(=O)N(C)C. The van der Waals surface area contributed by atoms with Gasteiger partial charge in [0.1, 0.15) is 6.04 Å². The van der Waals surface area contributed by atoms with Crippen molar-refractivity contribution in [2.75, 3.05) is 14.1 Å². The number of carboxylic acids is 1. The predicted molar refractivity (Wildman–Crippen MR) is 61.7 cm³/mol. The zero-order valence-electron chi connectivity index (χ0n) is 10.5. The number of hydrogen-bond acceptors (Lipinski definition) is 4. The molecule has 0 aromatic carbocycles. The summed E-state index contributed by atoms with van der Waals surface area (Å²) in [6.45, 7) is 1.48. The van der Waals surface area contributed by atoms with Crippen molar-refractivity contribution in [2.45, 2.75) is 25.8 Å². The normalized spacial score (nSPS) is 11.3. The van der Waals surface area contributed by atoms with Crippen LogP contribution < -0.4 is 10.6 Å². The minimum atomic E-state index is -1.12. The first-order chi connectivity index (χ1) is 8.23. The van der Waals surface area contributed by atoms with Gasteiger partial charge in [-0.25, -0.2) is 4.79 Å². The average Bonchev–Trinajstić information content (AvgIpc) is 2.24. The summed E-state index contributed by atoms with van der Waals surface area (Å²) in [5.41, 5.74) is 0. The van der Waals surface area contributed by atoms with Gasteiger partial charge >= 0.3 is 12.0 Å². The molecule has 4 amide bonds. The summed E-state index contributed by atoms with van der Waals surface area (Å²) in [5, 5.41) is 12.6. The van der Waals surface area contributed by atoms with Crippen LogP contribution in [0.4, 0.5) is 4.79 Å². The zero-order chi connectivity index (χ0) is 14.3. The maximum Gasteiger partial charge on any atom is 0.322 e. The second-order valence-electron chi connectivity index (χ2n) is 3.87. The van der Waals surface area contributed by atoms with E-state index < -0.39 is 23.9 Å². The fourth-order valence-corrected chi connectivity index (χ4v) is 1.09. The minimum Gasteiger partial charge on any atom is -0.481 e. The van der Waals surface area contributed by atoms with Crippen LogP contribution in [0.15, 0.2) is 0 Å². The lowest BCUT2D eigenvalue weighted by atomic mass is 10.3. The molecule has 0 aromatic rings. The fourth-order valence-electron chi connectivity index (χ4n) is 1.09. The molecule has 18 heavy (non-hydrogen) atoms. The highest BCUT2D eigenvalue weighted by atomic mass is 16.4. The summed E-state index contributed by atoms with van der Waals surface area (Å²) in [6.07, 6.45) is -0.649. The van der Waals surface area contributed by atoms with Gasteiger partial charge in [0, 0.05) is 20.5 Å². The third kappa shape index (κ3) is 6.46. The van der Waals surface area contributed by atoms with Crippen molar-refractivity contribution in [2.24, 2.45) is 0 Å². The summed E-state index contributed by atoms with van der Waals surface area (Å²) in [6, 6.07) is -1.60. The molecule has 3 N–H and O–H groups in total. The molecule has 0 fully saturated rings. The van der Waals surface area contributed by atoms with Crippen LogP contribution >= 0.6 is 0 Å². The number of aliphatic carboxylic acids is 1. The predicted octanol–water partition coefficient (Wildman–Crippen LogP) is -0.846. The third-order valence-electron chi connectivity index (χ3n) is 1.98. The molecule has 0 aliphatic carbocycles. The number of carbonyl (C=O) groups excluding carboxylic acids is 3. The number of carbonyl (C=O) groups is 4. The molecule has 0 bridgehead atoms. The van der Waals surface area contributed by atoms with E-state index in [1.54, 1.807) is 0 Å². The Morgan fingerprint density at radius 3 is 2.17 bits per heavy atom. The van der Waals surface area contributed by atoms with Crippen molar-refractivity contribution in [1.82, 2.24) is 15.5 Å². The van der Waals surface area contributed by atoms with Crippen LogP contribution in [0.1, 0.15) is 19.8 Å². The van der Waals surface area contributed by atoms with Crippen molar-refractivity contribution in [3.05, 3.63) is 0 Å². The van der Waals surface area contributed by atoms with Gasteiger partial charge in [0.2, 0.25) is 11.8 Å². The molecule has 0 radical (unpaired) electrons. The number of amides is 4. The van der Waals surface area contributed by atoms with Gasteiger partial charge < -0.3 is 15.3 Å². The molecule has 1 unspecified atom stereocenters. The van der Waals surface area contributed by atoms with Crippen LogP contribution in [0.2, 0.25) is 0 Å². The third-order valence-corrected chi connectivity index (χ3v) is 1.98. The molecule has 0 rings (SSSR count). The van der Waals surface area contributed by atoms with E-state index in [0.717, 1.165) is 0 Å². The van der Waals surface area contributed by atoms with Gasteiger partial charge in [-0.1, -0.05) is 0 Å². The van der Waals surface area contributed by atoms with E-state index in [1.807, 2.05) is 5.32 Å². The van der Waals surface area contributed by atoms with Gasteiger partial charge in [-0.3, -0.25) is 19.7 Å². The largest absolute Gasteiger partial charge is 0.481 e. The summed E-state index contributed by atoms with van der Waals surface area (Å²) >= 11 is 0. The van der Waals surface area contributed by atoms with Crippen LogP contribution in [-0.4, -0.2) is 54.0 Å². The van der Waals surface area contributed by atoms with Gasteiger partial charge in [0.25, 0.3) is 0 Å². The molecule has 1 atom stereocenters. The van der Waals surface area contributed by atoms with Crippen molar-refractivity contribution in [1.29, 1.82) is 0 Å². The molecule has 0 saturated carbocycles. The Hall–Kier alpha value is -2.12. The van der Waals surface area contributed by atoms with E-state index in [4.69, 9.17) is 5.11 Å². The van der Waals surface area contributed by atoms with E-state index >= 15 is 0 Å². The fraction of sp³-hybridized carbons (Fsp3) is 0.600. The van der Waals surface area contributed by atoms with Crippen molar-refractivity contribution >= 4 is 23.8 Å². The number of urea groups is 1. The highest BCUT2D eigenvalue weighted by Crippen LogP contribution is 1.90. The first-order valence-corrected chi connectivity index (χ1v) is 5.27. The topological polar surface area (TPSA) is 116 Å². The number of nitrogens with zero attached hydrogens (tertiary/aromatic N) is 1. The zero-order valence-corrected chi connectivity index (χ0v) is 10.5. The molecule has 0 spiro atoms. The van der Waals surface area contributed by atoms with Gasteiger partial charge in [0.15, 0.2) is 0 Å². The van der Waals surface area contributed by atoms with Crippen LogP contribution in [0, 0.1) is 0 Å². The Bertz CT molecular complexity index is 353. The van der Waals surface area contributed by atoms with Crippen LogP contribution in [0.3, 0.4) is 0 Å². The molecule has 0 saturated heterocycles. The lowest BCUT2D eigenvalue weighted by Crippen LogP contribution is -2.49. The first-order valence-electron chi connectivity index (χ1n) is 5.27. The molecule has 102 valence electrons. The number of likely N-dealkylation sites (N-methyl/N-ethyl adjacent to an activating group) is 1. The van der Waals surface area contributed by atoms with Gasteiger partial charge in [-0.05, 0) is 6.92 Å². The smallest absolute Gasteiger partial charge is 0.322 e. The van der Waals surface area contributed by atoms with Crippen molar-refractivity contribution in [3.63, 3.8) is 0 Å². The quantitative estimate of drug-likeness (QED) is 0.595. The van der Waals surface area contributed by atoms with E-state index in [2.05, 4.69) is 5.32 Å². The monoisotopic (exact) mass is 259 g/mol. The number of nitrogens with one attached hydrogen (secondary N) is 2. The van der Waals surface area contributed by atoms with Crippen LogP contribution in [0.5, 0.6) is 0 Å². The number of carboxylic acid groups (broad SMARTS) is 1. The van der Waals surface area contributed by atoms with E-state index in [9.17, 15) is 19.2 Å². The standard InChI is InChI=1S/C10H17N3O5/c1-6(9(17)13(2)3)11-10(18)12-7(14)4-5-8(15)16/h6H,4-5H2,1-3H3,(H,15,16)(H2,11,12,14,18). The minimum absolute atomic E-state index is 0.293. The molecule has 0 heterocycles. The van der Waals surface area contributed by atoms with Gasteiger partial charge in [-0.15, -0.1) is 0 Å². The molecular weight excluding hydrogens is 242 g/mol. The number of hydrogen-bond donors (Lipinski definition) is 3. The lowest BCUT2D eigenvalue weighted by molar-refractivity contribution is -0.138. The number of imide groups is 1. The van der Waals surface area contributed by atoms with E-state index in [-0.39, 0.29) is 18.7 Å². The van der Waals surface area contributed by atoms with E-state index in [1.165, 1.54) is 25.9 Å². The Kier molecular flexibility index (Phi) is 6.40. The van der Waals surface area contributed by atoms with Crippen molar-refractivity contribution in [3.8, 4) is 0 Å². The summed E-state index contributed by atoms with van der Waals surface area (Å²) < 4.78 is 0. The second kappa shape index (κ2) is 7.25. The van der Waals surface area contributed by atoms with Crippen molar-refractivity contribution < 1.29 is 24.3 Å². The second-order valence-corrected chi connectivity index (χ2v) is 3.87. The maximum atomic E-state index is 11.4. The number of rotatable bonds is 5. The molecule has 0 aliphatic heterocycles. The Labute approximate surface area is 104 Å².